The van der Waals surface area contributed by atoms with Crippen molar-refractivity contribution in [2.24, 2.45) is 0 Å². The maximum atomic E-state index is 10.9. The minimum atomic E-state index is -0.411. The van der Waals surface area contributed by atoms with Gasteiger partial charge in [0.2, 0.25) is 0 Å². The number of likely N-dealkylation sites (tertiary alicyclic amines) is 1. The molecule has 1 atom stereocenters. The Balaban J connectivity index is 2.15. The van der Waals surface area contributed by atoms with Gasteiger partial charge in [-0.2, -0.15) is 0 Å². The van der Waals surface area contributed by atoms with Crippen LogP contribution in [-0.2, 0) is 6.54 Å². The fraction of sp³-hybridized carbons (Fsp3) is 0.600. The average Bonchev–Trinajstić information content (AvgIpc) is 2.65. The Morgan fingerprint density at radius 2 is 2.20 bits per heavy atom. The molecule has 1 aromatic carbocycles. The zero-order valence-corrected chi connectivity index (χ0v) is 12.6. The van der Waals surface area contributed by atoms with Crippen molar-refractivity contribution in [3.05, 3.63) is 38.9 Å². The van der Waals surface area contributed by atoms with Gasteiger partial charge in [-0.15, -0.1) is 0 Å². The number of hydrogen-bond acceptors (Lipinski definition) is 3. The average molecular weight is 297 g/mol. The van der Waals surface area contributed by atoms with E-state index in [9.17, 15) is 10.1 Å². The van der Waals surface area contributed by atoms with Crippen LogP contribution in [0.3, 0.4) is 0 Å². The van der Waals surface area contributed by atoms with E-state index < -0.39 is 4.92 Å². The zero-order valence-electron chi connectivity index (χ0n) is 11.8. The number of halogens is 1. The molecule has 20 heavy (non-hydrogen) atoms. The fourth-order valence-corrected chi connectivity index (χ4v) is 3.12. The van der Waals surface area contributed by atoms with Crippen molar-refractivity contribution in [2.75, 3.05) is 6.54 Å². The second-order valence-electron chi connectivity index (χ2n) is 5.42. The predicted octanol–water partition coefficient (Wildman–Crippen LogP) is 4.40. The molecule has 0 bridgehead atoms. The Kier molecular flexibility index (Phi) is 5.38. The van der Waals surface area contributed by atoms with Gasteiger partial charge in [-0.25, -0.2) is 0 Å². The minimum Gasteiger partial charge on any atom is -0.296 e. The van der Waals surface area contributed by atoms with Crippen molar-refractivity contribution < 1.29 is 4.92 Å². The topological polar surface area (TPSA) is 46.4 Å². The molecule has 0 amide bonds. The molecule has 1 aliphatic rings. The van der Waals surface area contributed by atoms with Gasteiger partial charge in [0.25, 0.3) is 5.69 Å². The summed E-state index contributed by atoms with van der Waals surface area (Å²) in [5.74, 6) is 0. The van der Waals surface area contributed by atoms with E-state index in [2.05, 4.69) is 11.8 Å². The van der Waals surface area contributed by atoms with E-state index in [1.807, 2.05) is 6.07 Å². The van der Waals surface area contributed by atoms with Crippen LogP contribution in [0, 0.1) is 10.1 Å². The number of nitro groups is 1. The summed E-state index contributed by atoms with van der Waals surface area (Å²) < 4.78 is 0. The van der Waals surface area contributed by atoms with Crippen LogP contribution in [0.15, 0.2) is 18.2 Å². The quantitative estimate of drug-likeness (QED) is 0.611. The van der Waals surface area contributed by atoms with Gasteiger partial charge in [0.15, 0.2) is 0 Å². The molecule has 1 aromatic rings. The molecular formula is C15H21ClN2O2. The van der Waals surface area contributed by atoms with Crippen LogP contribution in [0.1, 0.15) is 44.6 Å². The third-order valence-electron chi connectivity index (χ3n) is 4.06. The van der Waals surface area contributed by atoms with Crippen LogP contribution in [-0.4, -0.2) is 22.4 Å². The first kappa shape index (κ1) is 15.3. The molecule has 0 aliphatic carbocycles. The molecule has 0 N–H and O–H groups in total. The van der Waals surface area contributed by atoms with Crippen molar-refractivity contribution in [3.63, 3.8) is 0 Å². The molecule has 0 aromatic heterocycles. The first-order valence-corrected chi connectivity index (χ1v) is 7.66. The lowest BCUT2D eigenvalue weighted by Gasteiger charge is -2.29. The van der Waals surface area contributed by atoms with E-state index in [4.69, 9.17) is 11.6 Å². The van der Waals surface area contributed by atoms with Crippen molar-refractivity contribution >= 4 is 17.3 Å². The smallest absolute Gasteiger partial charge is 0.288 e. The summed E-state index contributed by atoms with van der Waals surface area (Å²) >= 11 is 5.86. The van der Waals surface area contributed by atoms with Crippen molar-refractivity contribution in [3.8, 4) is 0 Å². The second-order valence-corrected chi connectivity index (χ2v) is 5.83. The van der Waals surface area contributed by atoms with Crippen molar-refractivity contribution in [2.45, 2.75) is 51.6 Å². The molecule has 5 heteroatoms. The zero-order chi connectivity index (χ0) is 14.5. The van der Waals surface area contributed by atoms with Gasteiger partial charge in [0.1, 0.15) is 5.02 Å². The molecule has 0 radical (unpaired) electrons. The summed E-state index contributed by atoms with van der Waals surface area (Å²) in [6, 6.07) is 5.73. The maximum absolute atomic E-state index is 10.9. The molecule has 1 heterocycles. The molecule has 2 rings (SSSR count). The number of hydrogen-bond donors (Lipinski definition) is 0. The van der Waals surface area contributed by atoms with Crippen molar-refractivity contribution in [1.29, 1.82) is 0 Å². The summed E-state index contributed by atoms with van der Waals surface area (Å²) in [6.07, 6.45) is 6.15. The first-order chi connectivity index (χ1) is 9.61. The summed E-state index contributed by atoms with van der Waals surface area (Å²) in [5, 5.41) is 11.2. The Hall–Kier alpha value is -1.13. The lowest BCUT2D eigenvalue weighted by molar-refractivity contribution is -0.384. The number of benzene rings is 1. The molecule has 1 aliphatic heterocycles. The molecule has 1 unspecified atom stereocenters. The van der Waals surface area contributed by atoms with Gasteiger partial charge in [-0.3, -0.25) is 15.0 Å². The van der Waals surface area contributed by atoms with Crippen LogP contribution in [0.4, 0.5) is 5.69 Å². The first-order valence-electron chi connectivity index (χ1n) is 7.28. The molecule has 110 valence electrons. The fourth-order valence-electron chi connectivity index (χ4n) is 2.94. The Bertz CT molecular complexity index is 479. The molecule has 0 saturated carbocycles. The Labute approximate surface area is 124 Å². The van der Waals surface area contributed by atoms with E-state index in [1.54, 1.807) is 12.1 Å². The van der Waals surface area contributed by atoms with E-state index in [0.717, 1.165) is 25.1 Å². The molecule has 1 saturated heterocycles. The SMILES string of the molecule is CCC1CCCCCN1Cc1ccc(Cl)c([N+](=O)[O-])c1. The highest BCUT2D eigenvalue weighted by Gasteiger charge is 2.21. The van der Waals surface area contributed by atoms with Crippen molar-refractivity contribution in [1.82, 2.24) is 4.90 Å². The third kappa shape index (κ3) is 3.70. The van der Waals surface area contributed by atoms with Crippen LogP contribution >= 0.6 is 11.6 Å². The van der Waals surface area contributed by atoms with Gasteiger partial charge >= 0.3 is 0 Å². The van der Waals surface area contributed by atoms with Crippen LogP contribution in [0.2, 0.25) is 5.02 Å². The van der Waals surface area contributed by atoms with Gasteiger partial charge < -0.3 is 0 Å². The summed E-state index contributed by atoms with van der Waals surface area (Å²) in [6.45, 7) is 4.07. The number of nitrogens with zero attached hydrogens (tertiary/aromatic N) is 2. The lowest BCUT2D eigenvalue weighted by atomic mass is 10.1. The largest absolute Gasteiger partial charge is 0.296 e. The van der Waals surface area contributed by atoms with E-state index in [1.165, 1.54) is 25.7 Å². The van der Waals surface area contributed by atoms with Gasteiger partial charge in [-0.05, 0) is 37.4 Å². The van der Waals surface area contributed by atoms with Gasteiger partial charge in [-0.1, -0.05) is 37.4 Å². The summed E-state index contributed by atoms with van der Waals surface area (Å²) in [7, 11) is 0. The summed E-state index contributed by atoms with van der Waals surface area (Å²) in [4.78, 5) is 13.0. The third-order valence-corrected chi connectivity index (χ3v) is 4.38. The second kappa shape index (κ2) is 7.04. The van der Waals surface area contributed by atoms with Crippen LogP contribution < -0.4 is 0 Å². The highest BCUT2D eigenvalue weighted by atomic mass is 35.5. The molecule has 4 nitrogen and oxygen atoms in total. The summed E-state index contributed by atoms with van der Waals surface area (Å²) in [5.41, 5.74) is 0.980. The molecule has 1 fully saturated rings. The predicted molar refractivity (Wildman–Crippen MR) is 81.1 cm³/mol. The van der Waals surface area contributed by atoms with Gasteiger partial charge in [0, 0.05) is 18.7 Å². The highest BCUT2D eigenvalue weighted by molar-refractivity contribution is 6.32. The molecular weight excluding hydrogens is 276 g/mol. The highest BCUT2D eigenvalue weighted by Crippen LogP contribution is 2.27. The van der Waals surface area contributed by atoms with E-state index in [-0.39, 0.29) is 10.7 Å². The van der Waals surface area contributed by atoms with Crippen LogP contribution in [0.5, 0.6) is 0 Å². The monoisotopic (exact) mass is 296 g/mol. The van der Waals surface area contributed by atoms with E-state index >= 15 is 0 Å². The normalized spacial score (nSPS) is 20.6. The molecule has 0 spiro atoms. The Morgan fingerprint density at radius 1 is 1.40 bits per heavy atom. The Morgan fingerprint density at radius 3 is 2.90 bits per heavy atom. The number of rotatable bonds is 4. The van der Waals surface area contributed by atoms with E-state index in [0.29, 0.717) is 6.04 Å². The minimum absolute atomic E-state index is 0.00652. The number of nitro benzene ring substituents is 1. The maximum Gasteiger partial charge on any atom is 0.288 e. The standard InChI is InChI=1S/C15H21ClN2O2/c1-2-13-6-4-3-5-9-17(13)11-12-7-8-14(16)15(10-12)18(19)20/h7-8,10,13H,2-6,9,11H2,1H3. The lowest BCUT2D eigenvalue weighted by Crippen LogP contribution is -2.33. The van der Waals surface area contributed by atoms with Gasteiger partial charge in [0.05, 0.1) is 4.92 Å². The van der Waals surface area contributed by atoms with Crippen LogP contribution in [0.25, 0.3) is 0 Å².